The van der Waals surface area contributed by atoms with E-state index in [0.29, 0.717) is 5.75 Å². The van der Waals surface area contributed by atoms with E-state index >= 15 is 0 Å². The minimum absolute atomic E-state index is 0. The summed E-state index contributed by atoms with van der Waals surface area (Å²) in [5, 5.41) is 3.32. The van der Waals surface area contributed by atoms with Gasteiger partial charge in [0.25, 0.3) is 0 Å². The molecule has 0 spiro atoms. The molecule has 26 heavy (non-hydrogen) atoms. The summed E-state index contributed by atoms with van der Waals surface area (Å²) < 4.78 is 47.4. The van der Waals surface area contributed by atoms with Gasteiger partial charge in [0, 0.05) is 37.8 Å². The van der Waals surface area contributed by atoms with Crippen LogP contribution >= 0.6 is 12.4 Å². The minimum Gasteiger partial charge on any atom is -0.496 e. The Labute approximate surface area is 159 Å². The van der Waals surface area contributed by atoms with Crippen LogP contribution in [0.5, 0.6) is 11.5 Å². The summed E-state index contributed by atoms with van der Waals surface area (Å²) in [6.07, 6.45) is -2.70. The van der Waals surface area contributed by atoms with Crippen LogP contribution in [0.25, 0.3) is 0 Å². The van der Waals surface area contributed by atoms with Gasteiger partial charge >= 0.3 is 6.36 Å². The molecule has 1 fully saturated rings. The molecule has 150 valence electrons. The molecule has 1 aromatic carbocycles. The zero-order valence-corrected chi connectivity index (χ0v) is 16.3. The lowest BCUT2D eigenvalue weighted by atomic mass is 9.88. The molecule has 2 rings (SSSR count). The lowest BCUT2D eigenvalue weighted by molar-refractivity contribution is -0.274. The Morgan fingerprint density at radius 2 is 1.88 bits per heavy atom. The largest absolute Gasteiger partial charge is 0.573 e. The van der Waals surface area contributed by atoms with E-state index in [4.69, 9.17) is 4.74 Å². The first-order valence-electron chi connectivity index (χ1n) is 8.74. The van der Waals surface area contributed by atoms with Crippen LogP contribution in [-0.4, -0.2) is 44.6 Å². The van der Waals surface area contributed by atoms with E-state index in [2.05, 4.69) is 28.8 Å². The highest BCUT2D eigenvalue weighted by Gasteiger charge is 2.33. The Balaban J connectivity index is 0.00000338. The third kappa shape index (κ3) is 6.21. The lowest BCUT2D eigenvalue weighted by Crippen LogP contribution is -2.46. The number of hydrogen-bond acceptors (Lipinski definition) is 4. The number of piperazine rings is 1. The summed E-state index contributed by atoms with van der Waals surface area (Å²) in [6.45, 7) is 7.71. The number of alkyl halides is 3. The van der Waals surface area contributed by atoms with Crippen molar-refractivity contribution in [2.45, 2.75) is 39.1 Å². The van der Waals surface area contributed by atoms with Crippen molar-refractivity contribution in [2.24, 2.45) is 5.92 Å². The Hall–Kier alpha value is -1.18. The van der Waals surface area contributed by atoms with Crippen molar-refractivity contribution in [3.05, 3.63) is 23.8 Å². The summed E-state index contributed by atoms with van der Waals surface area (Å²) >= 11 is 0. The van der Waals surface area contributed by atoms with Crippen molar-refractivity contribution in [1.29, 1.82) is 0 Å². The van der Waals surface area contributed by atoms with Crippen LogP contribution in [0.1, 0.15) is 38.3 Å². The molecule has 0 saturated carbocycles. The van der Waals surface area contributed by atoms with Gasteiger partial charge in [0.1, 0.15) is 11.5 Å². The minimum atomic E-state index is -4.70. The lowest BCUT2D eigenvalue weighted by Gasteiger charge is -2.39. The maximum atomic E-state index is 12.6. The van der Waals surface area contributed by atoms with Crippen molar-refractivity contribution >= 4 is 12.4 Å². The molecule has 1 aromatic rings. The van der Waals surface area contributed by atoms with Crippen LogP contribution in [0.3, 0.4) is 0 Å². The fourth-order valence-electron chi connectivity index (χ4n) is 3.58. The van der Waals surface area contributed by atoms with E-state index in [-0.39, 0.29) is 30.1 Å². The third-order valence-electron chi connectivity index (χ3n) is 4.58. The molecular weight excluding hydrogens is 369 g/mol. The van der Waals surface area contributed by atoms with Crippen LogP contribution in [0.2, 0.25) is 0 Å². The molecule has 0 radical (unpaired) electrons. The van der Waals surface area contributed by atoms with E-state index in [1.165, 1.54) is 12.1 Å². The molecule has 2 atom stereocenters. The van der Waals surface area contributed by atoms with Crippen molar-refractivity contribution in [3.8, 4) is 11.5 Å². The molecule has 8 heteroatoms. The zero-order chi connectivity index (χ0) is 18.4. The quantitative estimate of drug-likeness (QED) is 0.740. The zero-order valence-electron chi connectivity index (χ0n) is 15.4. The average molecular weight is 397 g/mol. The smallest absolute Gasteiger partial charge is 0.496 e. The second kappa shape index (κ2) is 10.2. The Bertz CT molecular complexity index is 552. The first-order chi connectivity index (χ1) is 11.9. The number of nitrogens with one attached hydrogen (secondary N) is 1. The maximum absolute atomic E-state index is 12.6. The Kier molecular flexibility index (Phi) is 9.00. The Morgan fingerprint density at radius 1 is 1.23 bits per heavy atom. The van der Waals surface area contributed by atoms with Crippen LogP contribution in [0.15, 0.2) is 18.2 Å². The summed E-state index contributed by atoms with van der Waals surface area (Å²) in [4.78, 5) is 2.33. The second-order valence-electron chi connectivity index (χ2n) is 6.45. The van der Waals surface area contributed by atoms with Gasteiger partial charge in [-0.2, -0.15) is 0 Å². The van der Waals surface area contributed by atoms with Gasteiger partial charge in [-0.05, 0) is 30.5 Å². The van der Waals surface area contributed by atoms with Gasteiger partial charge in [-0.15, -0.1) is 25.6 Å². The van der Waals surface area contributed by atoms with E-state index in [1.54, 1.807) is 13.2 Å². The molecule has 0 aromatic heterocycles. The molecule has 1 aliphatic rings. The third-order valence-corrected chi connectivity index (χ3v) is 4.58. The van der Waals surface area contributed by atoms with Gasteiger partial charge in [0.2, 0.25) is 0 Å². The first kappa shape index (κ1) is 22.9. The molecule has 0 amide bonds. The van der Waals surface area contributed by atoms with Gasteiger partial charge in [-0.25, -0.2) is 0 Å². The number of ether oxygens (including phenoxy) is 2. The molecule has 1 unspecified atom stereocenters. The molecule has 1 saturated heterocycles. The monoisotopic (exact) mass is 396 g/mol. The van der Waals surface area contributed by atoms with Crippen molar-refractivity contribution in [1.82, 2.24) is 10.2 Å². The average Bonchev–Trinajstić information content (AvgIpc) is 2.55. The van der Waals surface area contributed by atoms with Crippen molar-refractivity contribution in [3.63, 3.8) is 0 Å². The highest BCUT2D eigenvalue weighted by molar-refractivity contribution is 5.85. The van der Waals surface area contributed by atoms with Crippen molar-refractivity contribution in [2.75, 3.05) is 33.3 Å². The number of nitrogens with zero attached hydrogens (tertiary/aromatic N) is 1. The summed E-state index contributed by atoms with van der Waals surface area (Å²) in [5.74, 6) is 0.686. The number of methoxy groups -OCH3 is 1. The highest BCUT2D eigenvalue weighted by Crippen LogP contribution is 2.39. The fourth-order valence-corrected chi connectivity index (χ4v) is 3.58. The topological polar surface area (TPSA) is 33.7 Å². The number of rotatable bonds is 7. The number of hydrogen-bond donors (Lipinski definition) is 1. The number of benzene rings is 1. The van der Waals surface area contributed by atoms with E-state index in [9.17, 15) is 13.2 Å². The summed E-state index contributed by atoms with van der Waals surface area (Å²) in [6, 6.07) is 4.33. The highest BCUT2D eigenvalue weighted by atomic mass is 35.5. The van der Waals surface area contributed by atoms with Crippen LogP contribution in [-0.2, 0) is 0 Å². The fraction of sp³-hybridized carbons (Fsp3) is 0.667. The Morgan fingerprint density at radius 3 is 2.42 bits per heavy atom. The van der Waals surface area contributed by atoms with E-state index < -0.39 is 6.36 Å². The summed E-state index contributed by atoms with van der Waals surface area (Å²) in [5.41, 5.74) is 0.757. The van der Waals surface area contributed by atoms with Gasteiger partial charge in [0.15, 0.2) is 0 Å². The molecule has 1 heterocycles. The SMILES string of the molecule is CCCC(C)[C@H](c1cc(OC(F)(F)F)ccc1OC)N1CCNCC1.Cl. The van der Waals surface area contributed by atoms with Crippen LogP contribution < -0.4 is 14.8 Å². The van der Waals surface area contributed by atoms with Gasteiger partial charge in [-0.3, -0.25) is 4.90 Å². The van der Waals surface area contributed by atoms with Crippen LogP contribution in [0, 0.1) is 5.92 Å². The second-order valence-corrected chi connectivity index (χ2v) is 6.45. The standard InChI is InChI=1S/C18H27F3N2O2.ClH/c1-4-5-13(2)17(23-10-8-22-9-11-23)15-12-14(25-18(19,20)21)6-7-16(15)24-3;/h6-7,12-13,17,22H,4-5,8-11H2,1-3H3;1H/t13?,17-;/m1./s1. The normalized spacial score (nSPS) is 17.9. The molecule has 4 nitrogen and oxygen atoms in total. The molecule has 0 bridgehead atoms. The predicted octanol–water partition coefficient (Wildman–Crippen LogP) is 4.40. The summed E-state index contributed by atoms with van der Waals surface area (Å²) in [7, 11) is 1.54. The van der Waals surface area contributed by atoms with Gasteiger partial charge in [0.05, 0.1) is 7.11 Å². The van der Waals surface area contributed by atoms with Crippen LogP contribution in [0.4, 0.5) is 13.2 Å². The maximum Gasteiger partial charge on any atom is 0.573 e. The van der Waals surface area contributed by atoms with E-state index in [0.717, 1.165) is 44.6 Å². The van der Waals surface area contributed by atoms with Gasteiger partial charge < -0.3 is 14.8 Å². The molecule has 0 aliphatic carbocycles. The number of halogens is 4. The van der Waals surface area contributed by atoms with E-state index in [1.807, 2.05) is 0 Å². The molecular formula is C18H28ClF3N2O2. The predicted molar refractivity (Wildman–Crippen MR) is 98.2 cm³/mol. The first-order valence-corrected chi connectivity index (χ1v) is 8.74. The van der Waals surface area contributed by atoms with Gasteiger partial charge in [-0.1, -0.05) is 20.3 Å². The molecule has 1 aliphatic heterocycles. The van der Waals surface area contributed by atoms with Crippen molar-refractivity contribution < 1.29 is 22.6 Å². The molecule has 1 N–H and O–H groups in total.